The minimum Gasteiger partial charge on any atom is -0.299 e. The van der Waals surface area contributed by atoms with Crippen molar-refractivity contribution in [2.45, 2.75) is 6.54 Å². The van der Waals surface area contributed by atoms with Crippen molar-refractivity contribution in [2.24, 2.45) is 7.05 Å². The second-order valence-electron chi connectivity index (χ2n) is 7.16. The van der Waals surface area contributed by atoms with Gasteiger partial charge in [0.2, 0.25) is 5.95 Å². The molecular formula is C23H21ClN6O2. The fraction of sp³-hybridized carbons (Fsp3) is 0.0870. The van der Waals surface area contributed by atoms with Gasteiger partial charge in [0.25, 0.3) is 5.56 Å². The first-order valence-corrected chi connectivity index (χ1v) is 10.2. The third-order valence-corrected chi connectivity index (χ3v) is 5.12. The molecule has 2 aromatic heterocycles. The molecule has 0 saturated heterocycles. The van der Waals surface area contributed by atoms with Crippen molar-refractivity contribution in [3.63, 3.8) is 0 Å². The third kappa shape index (κ3) is 4.50. The Labute approximate surface area is 188 Å². The van der Waals surface area contributed by atoms with Gasteiger partial charge in [-0.2, -0.15) is 4.98 Å². The predicted octanol–water partition coefficient (Wildman–Crippen LogP) is 3.27. The first kappa shape index (κ1) is 21.2. The number of halogens is 1. The number of hydrogen-bond acceptors (Lipinski definition) is 5. The lowest BCUT2D eigenvalue weighted by Gasteiger charge is -2.12. The number of fused-ring (bicyclic) bond motifs is 1. The number of allylic oxidation sites excluding steroid dienone is 1. The van der Waals surface area contributed by atoms with Gasteiger partial charge in [-0.3, -0.25) is 29.8 Å². The standard InChI is InChI=1S/C23H21ClN6O2/c1-15(8-9-16-6-4-3-5-7-16)27-28-22-25-20-19(21(31)26-23(32)29(20)2)30(22)14-17-10-12-18(24)13-11-17/h3-13,27H,1,14H2,2H3,(H,25,28)(H,26,31,32). The summed E-state index contributed by atoms with van der Waals surface area (Å²) in [6.07, 6.45) is 3.74. The number of nitrogens with zero attached hydrogens (tertiary/aromatic N) is 3. The molecule has 0 radical (unpaired) electrons. The summed E-state index contributed by atoms with van der Waals surface area (Å²) in [6, 6.07) is 17.1. The lowest BCUT2D eigenvalue weighted by atomic mass is 10.2. The van der Waals surface area contributed by atoms with Crippen molar-refractivity contribution in [3.8, 4) is 0 Å². The number of aryl methyl sites for hydroxylation is 1. The molecule has 4 rings (SSSR count). The van der Waals surface area contributed by atoms with Crippen LogP contribution in [0.5, 0.6) is 0 Å². The Balaban J connectivity index is 1.66. The third-order valence-electron chi connectivity index (χ3n) is 4.87. The van der Waals surface area contributed by atoms with E-state index in [0.717, 1.165) is 11.1 Å². The van der Waals surface area contributed by atoms with E-state index in [1.165, 1.54) is 4.57 Å². The molecule has 0 aliphatic carbocycles. The number of imidazole rings is 1. The van der Waals surface area contributed by atoms with E-state index in [1.54, 1.807) is 23.7 Å². The highest BCUT2D eigenvalue weighted by atomic mass is 35.5. The van der Waals surface area contributed by atoms with Gasteiger partial charge in [0.15, 0.2) is 11.2 Å². The summed E-state index contributed by atoms with van der Waals surface area (Å²) >= 11 is 5.99. The molecule has 0 aliphatic heterocycles. The fourth-order valence-electron chi connectivity index (χ4n) is 3.20. The molecule has 0 unspecified atom stereocenters. The maximum absolute atomic E-state index is 12.6. The molecule has 0 aliphatic rings. The summed E-state index contributed by atoms with van der Waals surface area (Å²) in [5, 5.41) is 0.617. The summed E-state index contributed by atoms with van der Waals surface area (Å²) in [4.78, 5) is 31.4. The van der Waals surface area contributed by atoms with Crippen molar-refractivity contribution in [1.82, 2.24) is 24.5 Å². The van der Waals surface area contributed by atoms with Crippen LogP contribution >= 0.6 is 11.6 Å². The van der Waals surface area contributed by atoms with Crippen LogP contribution in [0.1, 0.15) is 11.1 Å². The normalized spacial score (nSPS) is 11.2. The van der Waals surface area contributed by atoms with Crippen molar-refractivity contribution in [2.75, 3.05) is 5.43 Å². The number of aromatic amines is 1. The molecule has 0 spiro atoms. The number of anilines is 1. The second kappa shape index (κ2) is 8.99. The summed E-state index contributed by atoms with van der Waals surface area (Å²) < 4.78 is 2.99. The van der Waals surface area contributed by atoms with Crippen molar-refractivity contribution < 1.29 is 0 Å². The van der Waals surface area contributed by atoms with Gasteiger partial charge in [0.05, 0.1) is 6.54 Å². The molecule has 0 bridgehead atoms. The van der Waals surface area contributed by atoms with E-state index in [-0.39, 0.29) is 11.2 Å². The number of aromatic nitrogens is 4. The van der Waals surface area contributed by atoms with Gasteiger partial charge in [0.1, 0.15) is 0 Å². The zero-order valence-electron chi connectivity index (χ0n) is 17.3. The highest BCUT2D eigenvalue weighted by Crippen LogP contribution is 2.18. The van der Waals surface area contributed by atoms with E-state index < -0.39 is 11.2 Å². The number of hydrazine groups is 1. The molecule has 3 N–H and O–H groups in total. The average molecular weight is 449 g/mol. The minimum atomic E-state index is -0.534. The van der Waals surface area contributed by atoms with Crippen LogP contribution in [0.25, 0.3) is 17.2 Å². The van der Waals surface area contributed by atoms with Crippen LogP contribution in [-0.4, -0.2) is 19.1 Å². The van der Waals surface area contributed by atoms with Gasteiger partial charge >= 0.3 is 5.69 Å². The van der Waals surface area contributed by atoms with Crippen LogP contribution in [0, 0.1) is 0 Å². The molecule has 0 saturated carbocycles. The van der Waals surface area contributed by atoms with Crippen LogP contribution in [-0.2, 0) is 13.6 Å². The largest absolute Gasteiger partial charge is 0.329 e. The first-order valence-electron chi connectivity index (χ1n) is 9.80. The number of benzene rings is 2. The lowest BCUT2D eigenvalue weighted by Crippen LogP contribution is -2.29. The number of hydrogen-bond donors (Lipinski definition) is 3. The average Bonchev–Trinajstić information content (AvgIpc) is 3.15. The molecule has 32 heavy (non-hydrogen) atoms. The summed E-state index contributed by atoms with van der Waals surface area (Å²) in [5.41, 5.74) is 8.01. The van der Waals surface area contributed by atoms with Gasteiger partial charge in [-0.25, -0.2) is 4.79 Å². The Morgan fingerprint density at radius 2 is 1.88 bits per heavy atom. The van der Waals surface area contributed by atoms with Crippen LogP contribution in [0.2, 0.25) is 5.02 Å². The monoisotopic (exact) mass is 448 g/mol. The Bertz CT molecular complexity index is 1420. The predicted molar refractivity (Wildman–Crippen MR) is 128 cm³/mol. The van der Waals surface area contributed by atoms with Gasteiger partial charge in [0, 0.05) is 17.8 Å². The van der Waals surface area contributed by atoms with Crippen LogP contribution in [0.4, 0.5) is 5.95 Å². The van der Waals surface area contributed by atoms with E-state index in [9.17, 15) is 9.59 Å². The maximum atomic E-state index is 12.6. The Hall–Kier alpha value is -4.04. The molecule has 2 aromatic carbocycles. The Kier molecular flexibility index (Phi) is 5.96. The smallest absolute Gasteiger partial charge is 0.299 e. The quantitative estimate of drug-likeness (QED) is 0.298. The number of nitrogens with one attached hydrogen (secondary N) is 3. The zero-order valence-corrected chi connectivity index (χ0v) is 18.1. The van der Waals surface area contributed by atoms with Gasteiger partial charge in [-0.05, 0) is 29.3 Å². The van der Waals surface area contributed by atoms with Crippen molar-refractivity contribution in [1.29, 1.82) is 0 Å². The first-order chi connectivity index (χ1) is 15.4. The Morgan fingerprint density at radius 3 is 2.59 bits per heavy atom. The van der Waals surface area contributed by atoms with Crippen molar-refractivity contribution in [3.05, 3.63) is 110 Å². The SMILES string of the molecule is C=C(C=Cc1ccccc1)NNc1nc2c(c(=O)[nH]c(=O)n2C)n1Cc1ccc(Cl)cc1. The van der Waals surface area contributed by atoms with E-state index in [0.29, 0.717) is 23.2 Å². The fourth-order valence-corrected chi connectivity index (χ4v) is 3.32. The molecule has 0 fully saturated rings. The Morgan fingerprint density at radius 1 is 1.16 bits per heavy atom. The van der Waals surface area contributed by atoms with Crippen LogP contribution in [0.15, 0.2) is 82.5 Å². The molecule has 2 heterocycles. The van der Waals surface area contributed by atoms with Crippen LogP contribution < -0.4 is 22.1 Å². The summed E-state index contributed by atoms with van der Waals surface area (Å²) in [6.45, 7) is 4.31. The maximum Gasteiger partial charge on any atom is 0.329 e. The second-order valence-corrected chi connectivity index (χ2v) is 7.59. The summed E-state index contributed by atoms with van der Waals surface area (Å²) in [5.74, 6) is 0.357. The molecule has 9 heteroatoms. The molecule has 0 amide bonds. The summed E-state index contributed by atoms with van der Waals surface area (Å²) in [7, 11) is 1.55. The van der Waals surface area contributed by atoms with Crippen molar-refractivity contribution >= 4 is 34.8 Å². The molecule has 8 nitrogen and oxygen atoms in total. The lowest BCUT2D eigenvalue weighted by molar-refractivity contribution is 0.798. The highest BCUT2D eigenvalue weighted by Gasteiger charge is 2.17. The topological polar surface area (TPSA) is 96.7 Å². The van der Waals surface area contributed by atoms with E-state index in [4.69, 9.17) is 11.6 Å². The van der Waals surface area contributed by atoms with E-state index >= 15 is 0 Å². The van der Waals surface area contributed by atoms with Crippen LogP contribution in [0.3, 0.4) is 0 Å². The highest BCUT2D eigenvalue weighted by molar-refractivity contribution is 6.30. The molecule has 0 atom stereocenters. The zero-order chi connectivity index (χ0) is 22.7. The van der Waals surface area contributed by atoms with Gasteiger partial charge < -0.3 is 0 Å². The van der Waals surface area contributed by atoms with Gasteiger partial charge in [-0.15, -0.1) is 0 Å². The van der Waals surface area contributed by atoms with E-state index in [1.807, 2.05) is 54.6 Å². The minimum absolute atomic E-state index is 0.266. The number of rotatable bonds is 7. The molecular weight excluding hydrogens is 428 g/mol. The molecule has 162 valence electrons. The molecule has 4 aromatic rings. The number of H-pyrrole nitrogens is 1. The van der Waals surface area contributed by atoms with Gasteiger partial charge in [-0.1, -0.05) is 66.7 Å². The van der Waals surface area contributed by atoms with E-state index in [2.05, 4.69) is 27.4 Å².